The van der Waals surface area contributed by atoms with Crippen LogP contribution in [0.15, 0.2) is 78.9 Å². The highest BCUT2D eigenvalue weighted by Gasteiger charge is 2.43. The van der Waals surface area contributed by atoms with Gasteiger partial charge in [0.2, 0.25) is 5.91 Å². The van der Waals surface area contributed by atoms with Crippen LogP contribution in [0.4, 0.5) is 13.2 Å². The topological polar surface area (TPSA) is 79.6 Å². The van der Waals surface area contributed by atoms with Gasteiger partial charge in [-0.1, -0.05) is 60.7 Å². The second-order valence-electron chi connectivity index (χ2n) is 12.3. The predicted molar refractivity (Wildman–Crippen MR) is 181 cm³/mol. The number of carbonyl (C=O) groups excluding carboxylic acids is 1. The van der Waals surface area contributed by atoms with Gasteiger partial charge >= 0.3 is 6.18 Å². The summed E-state index contributed by atoms with van der Waals surface area (Å²) in [5.41, 5.74) is 3.35. The molecule has 1 amide bonds. The van der Waals surface area contributed by atoms with E-state index in [1.807, 2.05) is 30.9 Å². The van der Waals surface area contributed by atoms with Gasteiger partial charge < -0.3 is 9.64 Å². The second-order valence-corrected chi connectivity index (χ2v) is 12.3. The maximum atomic E-state index is 13.7. The molecule has 1 aromatic heterocycles. The van der Waals surface area contributed by atoms with Gasteiger partial charge in [0, 0.05) is 69.8 Å². The summed E-state index contributed by atoms with van der Waals surface area (Å²) >= 11 is 0. The predicted octanol–water partition coefficient (Wildman–Crippen LogP) is 5.86. The highest BCUT2D eigenvalue weighted by Crippen LogP contribution is 2.37. The molecule has 0 N–H and O–H groups in total. The smallest absolute Gasteiger partial charge is 0.453 e. The fourth-order valence-electron chi connectivity index (χ4n) is 6.85. The molecule has 6 rings (SSSR count). The SMILES string of the molecule is CC(=O)N1CCN2[C@H](CN(Cc3cc(-n4nnnc4C(F)(F)F)ccc3OC(C)C)C[C@H]2C(c2ccccc2)c2ccccc2)C1.Cl.Cl. The number of aromatic nitrogens is 4. The normalized spacial score (nSPS) is 18.6. The zero-order chi connectivity index (χ0) is 32.4. The number of hydrogen-bond acceptors (Lipinski definition) is 7. The molecule has 48 heavy (non-hydrogen) atoms. The van der Waals surface area contributed by atoms with Crippen LogP contribution in [0, 0.1) is 0 Å². The molecule has 258 valence electrons. The standard InChI is InChI=1S/C34H38F3N7O2.2ClH/c1-23(2)46-31-15-14-28(44-33(34(35,36)37)38-39-40-44)18-27(31)19-41-20-29-21-42(24(3)45)16-17-43(29)30(22-41)32(25-10-6-4-7-11-25)26-12-8-5-9-13-26;;/h4-15,18,23,29-30,32H,16-17,19-22H2,1-3H3;2*1H/t29-,30+;;/m1../s1. The minimum atomic E-state index is -4.71. The Morgan fingerprint density at radius 1 is 0.917 bits per heavy atom. The van der Waals surface area contributed by atoms with E-state index in [2.05, 4.69) is 73.9 Å². The molecule has 3 heterocycles. The highest BCUT2D eigenvalue weighted by molar-refractivity contribution is 5.85. The zero-order valence-corrected chi connectivity index (χ0v) is 28.6. The van der Waals surface area contributed by atoms with Crippen molar-refractivity contribution >= 4 is 30.7 Å². The molecular formula is C34H40Cl2F3N7O2. The number of hydrogen-bond donors (Lipinski definition) is 0. The molecule has 0 unspecified atom stereocenters. The molecule has 0 aliphatic carbocycles. The van der Waals surface area contributed by atoms with Crippen LogP contribution in [0.5, 0.6) is 5.75 Å². The van der Waals surface area contributed by atoms with E-state index in [1.165, 1.54) is 11.1 Å². The van der Waals surface area contributed by atoms with Crippen molar-refractivity contribution in [1.82, 2.24) is 34.9 Å². The van der Waals surface area contributed by atoms with Crippen molar-refractivity contribution < 1.29 is 22.7 Å². The molecule has 0 bridgehead atoms. The van der Waals surface area contributed by atoms with Crippen molar-refractivity contribution in [2.45, 2.75) is 57.6 Å². The lowest BCUT2D eigenvalue weighted by atomic mass is 9.81. The van der Waals surface area contributed by atoms with Crippen LogP contribution in [0.2, 0.25) is 0 Å². The average Bonchev–Trinajstić information content (AvgIpc) is 3.54. The molecule has 2 aliphatic heterocycles. The van der Waals surface area contributed by atoms with Crippen molar-refractivity contribution in [1.29, 1.82) is 0 Å². The van der Waals surface area contributed by atoms with Gasteiger partial charge in [0.05, 0.1) is 11.8 Å². The first-order valence-corrected chi connectivity index (χ1v) is 15.6. The Bertz CT molecular complexity index is 1600. The molecular weight excluding hydrogens is 666 g/mol. The summed E-state index contributed by atoms with van der Waals surface area (Å²) in [7, 11) is 0. The summed E-state index contributed by atoms with van der Waals surface area (Å²) in [4.78, 5) is 19.3. The average molecular weight is 707 g/mol. The number of piperazine rings is 2. The number of ether oxygens (including phenoxy) is 1. The molecule has 0 saturated carbocycles. The molecule has 2 aliphatic rings. The van der Waals surface area contributed by atoms with Crippen LogP contribution in [0.3, 0.4) is 0 Å². The van der Waals surface area contributed by atoms with Crippen molar-refractivity contribution in [3.63, 3.8) is 0 Å². The lowest BCUT2D eigenvalue weighted by Gasteiger charge is -2.53. The minimum Gasteiger partial charge on any atom is -0.491 e. The van der Waals surface area contributed by atoms with Crippen LogP contribution >= 0.6 is 24.8 Å². The van der Waals surface area contributed by atoms with Crippen molar-refractivity contribution in [2.24, 2.45) is 0 Å². The van der Waals surface area contributed by atoms with Gasteiger partial charge in [0.25, 0.3) is 5.82 Å². The van der Waals surface area contributed by atoms with Crippen molar-refractivity contribution in [3.05, 3.63) is 101 Å². The van der Waals surface area contributed by atoms with E-state index >= 15 is 0 Å². The minimum absolute atomic E-state index is 0. The highest BCUT2D eigenvalue weighted by atomic mass is 35.5. The molecule has 4 aromatic rings. The molecule has 9 nitrogen and oxygen atoms in total. The van der Waals surface area contributed by atoms with E-state index in [0.29, 0.717) is 38.5 Å². The Labute approximate surface area is 290 Å². The lowest BCUT2D eigenvalue weighted by Crippen LogP contribution is -2.67. The number of tetrazole rings is 1. The lowest BCUT2D eigenvalue weighted by molar-refractivity contribution is -0.146. The largest absolute Gasteiger partial charge is 0.491 e. The van der Waals surface area contributed by atoms with Gasteiger partial charge in [-0.3, -0.25) is 14.6 Å². The van der Waals surface area contributed by atoms with Gasteiger partial charge in [-0.25, -0.2) is 0 Å². The molecule has 2 saturated heterocycles. The van der Waals surface area contributed by atoms with Crippen molar-refractivity contribution in [3.8, 4) is 11.4 Å². The number of carbonyl (C=O) groups is 1. The summed E-state index contributed by atoms with van der Waals surface area (Å²) in [6, 6.07) is 26.0. The summed E-state index contributed by atoms with van der Waals surface area (Å²) in [6.07, 6.45) is -4.86. The van der Waals surface area contributed by atoms with Crippen LogP contribution in [0.25, 0.3) is 5.69 Å². The number of rotatable bonds is 8. The first-order chi connectivity index (χ1) is 22.1. The number of alkyl halides is 3. The Hall–Kier alpha value is -3.71. The molecule has 3 aromatic carbocycles. The van der Waals surface area contributed by atoms with E-state index in [9.17, 15) is 18.0 Å². The maximum absolute atomic E-state index is 13.7. The third kappa shape index (κ3) is 8.11. The summed E-state index contributed by atoms with van der Waals surface area (Å²) in [5, 5.41) is 10.2. The first-order valence-electron chi connectivity index (χ1n) is 15.6. The van der Waals surface area contributed by atoms with Crippen LogP contribution in [-0.4, -0.2) is 91.7 Å². The van der Waals surface area contributed by atoms with E-state index in [-0.39, 0.29) is 60.5 Å². The number of nitrogens with zero attached hydrogens (tertiary/aromatic N) is 7. The molecule has 2 fully saturated rings. The number of benzene rings is 3. The van der Waals surface area contributed by atoms with Gasteiger partial charge in [-0.05, 0) is 53.6 Å². The third-order valence-electron chi connectivity index (χ3n) is 8.78. The van der Waals surface area contributed by atoms with Gasteiger partial charge in [-0.2, -0.15) is 17.9 Å². The molecule has 2 atom stereocenters. The fraction of sp³-hybridized carbons (Fsp3) is 0.412. The second kappa shape index (κ2) is 15.7. The van der Waals surface area contributed by atoms with E-state index < -0.39 is 12.0 Å². The molecule has 14 heteroatoms. The maximum Gasteiger partial charge on any atom is 0.453 e. The monoisotopic (exact) mass is 705 g/mol. The molecule has 0 radical (unpaired) electrons. The first kappa shape index (κ1) is 37.1. The zero-order valence-electron chi connectivity index (χ0n) is 27.0. The van der Waals surface area contributed by atoms with E-state index in [1.54, 1.807) is 25.1 Å². The van der Waals surface area contributed by atoms with Crippen molar-refractivity contribution in [2.75, 3.05) is 32.7 Å². The van der Waals surface area contributed by atoms with Crippen LogP contribution in [-0.2, 0) is 17.5 Å². The summed E-state index contributed by atoms with van der Waals surface area (Å²) in [6.45, 7) is 9.28. The Kier molecular flexibility index (Phi) is 12.1. The Morgan fingerprint density at radius 2 is 1.56 bits per heavy atom. The van der Waals surface area contributed by atoms with Crippen LogP contribution < -0.4 is 4.74 Å². The molecule has 0 spiro atoms. The van der Waals surface area contributed by atoms with Gasteiger partial charge in [-0.15, -0.1) is 29.9 Å². The fourth-order valence-corrected chi connectivity index (χ4v) is 6.85. The van der Waals surface area contributed by atoms with Crippen LogP contribution in [0.1, 0.15) is 49.2 Å². The third-order valence-corrected chi connectivity index (χ3v) is 8.78. The van der Waals surface area contributed by atoms with Gasteiger partial charge in [0.15, 0.2) is 0 Å². The van der Waals surface area contributed by atoms with Gasteiger partial charge in [0.1, 0.15) is 5.75 Å². The summed E-state index contributed by atoms with van der Waals surface area (Å²) < 4.78 is 48.0. The number of amides is 1. The van der Waals surface area contributed by atoms with E-state index in [4.69, 9.17) is 4.74 Å². The number of fused-ring (bicyclic) bond motifs is 1. The Morgan fingerprint density at radius 3 is 2.15 bits per heavy atom. The Balaban J connectivity index is 0.00000260. The van der Waals surface area contributed by atoms with E-state index in [0.717, 1.165) is 16.8 Å². The summed E-state index contributed by atoms with van der Waals surface area (Å²) in [5.74, 6) is -0.483. The quantitative estimate of drug-likeness (QED) is 0.227. The number of halogens is 5.